The highest BCUT2D eigenvalue weighted by molar-refractivity contribution is 7.98. The van der Waals surface area contributed by atoms with Gasteiger partial charge >= 0.3 is 0 Å². The summed E-state index contributed by atoms with van der Waals surface area (Å²) in [5, 5.41) is 10.6. The first-order valence-electron chi connectivity index (χ1n) is 8.68. The second-order valence-corrected chi connectivity index (χ2v) is 7.68. The molecule has 0 saturated heterocycles. The van der Waals surface area contributed by atoms with Crippen LogP contribution < -0.4 is 0 Å². The van der Waals surface area contributed by atoms with E-state index in [0.29, 0.717) is 6.04 Å². The van der Waals surface area contributed by atoms with Crippen LogP contribution in [0.5, 0.6) is 0 Å². The molecule has 2 aromatic heterocycles. The minimum atomic E-state index is 0.442. The summed E-state index contributed by atoms with van der Waals surface area (Å²) in [6.45, 7) is 0. The van der Waals surface area contributed by atoms with Crippen molar-refractivity contribution >= 4 is 23.4 Å². The van der Waals surface area contributed by atoms with E-state index in [4.69, 9.17) is 16.0 Å². The Hall–Kier alpha value is -1.72. The molecule has 0 spiro atoms. The molecule has 0 radical (unpaired) electrons. The van der Waals surface area contributed by atoms with Crippen LogP contribution in [-0.2, 0) is 5.75 Å². The third-order valence-electron chi connectivity index (χ3n) is 4.66. The van der Waals surface area contributed by atoms with Gasteiger partial charge in [-0.15, -0.1) is 10.2 Å². The highest BCUT2D eigenvalue weighted by Crippen LogP contribution is 2.36. The van der Waals surface area contributed by atoms with Crippen molar-refractivity contribution in [2.75, 3.05) is 0 Å². The van der Waals surface area contributed by atoms with E-state index in [2.05, 4.69) is 20.8 Å². The van der Waals surface area contributed by atoms with Gasteiger partial charge in [0.1, 0.15) is 0 Å². The average Bonchev–Trinajstić information content (AvgIpc) is 3.31. The number of hydrogen-bond donors (Lipinski definition) is 0. The van der Waals surface area contributed by atoms with Gasteiger partial charge in [0.2, 0.25) is 5.82 Å². The number of nitrogens with zero attached hydrogens (tertiary/aromatic N) is 3. The Bertz CT molecular complexity index is 825. The molecule has 3 aromatic rings. The molecule has 1 aromatic carbocycles. The number of furan rings is 1. The van der Waals surface area contributed by atoms with E-state index >= 15 is 0 Å². The third kappa shape index (κ3) is 3.62. The zero-order valence-corrected chi connectivity index (χ0v) is 15.5. The van der Waals surface area contributed by atoms with E-state index in [9.17, 15) is 0 Å². The van der Waals surface area contributed by atoms with Crippen LogP contribution in [0.1, 0.15) is 43.7 Å². The Balaban J connectivity index is 1.64. The fourth-order valence-corrected chi connectivity index (χ4v) is 4.67. The summed E-state index contributed by atoms with van der Waals surface area (Å²) in [5.74, 6) is 2.39. The Labute approximate surface area is 156 Å². The SMILES string of the molecule is Clc1ccccc1CSc1nnc(-c2ccco2)n1C1CCCCC1. The topological polar surface area (TPSA) is 43.9 Å². The molecule has 1 aliphatic carbocycles. The second-order valence-electron chi connectivity index (χ2n) is 6.33. The van der Waals surface area contributed by atoms with Crippen molar-refractivity contribution in [3.05, 3.63) is 53.2 Å². The number of rotatable bonds is 5. The Morgan fingerprint density at radius 2 is 1.92 bits per heavy atom. The van der Waals surface area contributed by atoms with Crippen LogP contribution in [0.25, 0.3) is 11.6 Å². The van der Waals surface area contributed by atoms with Crippen molar-refractivity contribution in [2.45, 2.75) is 49.1 Å². The Kier molecular flexibility index (Phi) is 5.13. The van der Waals surface area contributed by atoms with E-state index in [-0.39, 0.29) is 0 Å². The van der Waals surface area contributed by atoms with Crippen molar-refractivity contribution in [3.8, 4) is 11.6 Å². The van der Waals surface area contributed by atoms with Gasteiger partial charge in [-0.1, -0.05) is 60.8 Å². The van der Waals surface area contributed by atoms with E-state index in [1.54, 1.807) is 18.0 Å². The van der Waals surface area contributed by atoms with E-state index in [0.717, 1.165) is 33.1 Å². The molecule has 130 valence electrons. The maximum absolute atomic E-state index is 6.29. The molecule has 0 unspecified atom stereocenters. The number of aromatic nitrogens is 3. The maximum atomic E-state index is 6.29. The van der Waals surface area contributed by atoms with Crippen molar-refractivity contribution in [1.29, 1.82) is 0 Å². The monoisotopic (exact) mass is 373 g/mol. The van der Waals surface area contributed by atoms with Gasteiger partial charge in [0.15, 0.2) is 10.9 Å². The molecule has 6 heteroatoms. The Morgan fingerprint density at radius 3 is 2.68 bits per heavy atom. The summed E-state index contributed by atoms with van der Waals surface area (Å²) >= 11 is 7.98. The lowest BCUT2D eigenvalue weighted by atomic mass is 9.95. The summed E-state index contributed by atoms with van der Waals surface area (Å²) in [6, 6.07) is 12.2. The highest BCUT2D eigenvalue weighted by Gasteiger charge is 2.25. The first-order valence-corrected chi connectivity index (χ1v) is 10.0. The van der Waals surface area contributed by atoms with Gasteiger partial charge in [-0.2, -0.15) is 0 Å². The number of benzene rings is 1. The molecular formula is C19H20ClN3OS. The van der Waals surface area contributed by atoms with Gasteiger partial charge in [0, 0.05) is 16.8 Å². The van der Waals surface area contributed by atoms with Crippen LogP contribution in [0, 0.1) is 0 Å². The van der Waals surface area contributed by atoms with Crippen molar-refractivity contribution in [1.82, 2.24) is 14.8 Å². The van der Waals surface area contributed by atoms with Gasteiger partial charge in [-0.25, -0.2) is 0 Å². The number of thioether (sulfide) groups is 1. The van der Waals surface area contributed by atoms with Crippen molar-refractivity contribution < 1.29 is 4.42 Å². The fourth-order valence-electron chi connectivity index (χ4n) is 3.38. The van der Waals surface area contributed by atoms with Crippen LogP contribution in [-0.4, -0.2) is 14.8 Å². The summed E-state index contributed by atoms with van der Waals surface area (Å²) in [6.07, 6.45) is 7.86. The molecular weight excluding hydrogens is 354 g/mol. The fraction of sp³-hybridized carbons (Fsp3) is 0.368. The van der Waals surface area contributed by atoms with E-state index < -0.39 is 0 Å². The lowest BCUT2D eigenvalue weighted by molar-refractivity contribution is 0.337. The molecule has 4 rings (SSSR count). The standard InChI is InChI=1S/C19H20ClN3OS/c20-16-10-5-4-7-14(16)13-25-19-22-21-18(17-11-6-12-24-17)23(19)15-8-2-1-3-9-15/h4-7,10-12,15H,1-3,8-9,13H2. The predicted octanol–water partition coefficient (Wildman–Crippen LogP) is 5.99. The Morgan fingerprint density at radius 1 is 1.08 bits per heavy atom. The molecule has 0 aliphatic heterocycles. The summed E-state index contributed by atoms with van der Waals surface area (Å²) in [5.41, 5.74) is 1.12. The quantitative estimate of drug-likeness (QED) is 0.515. The molecule has 0 N–H and O–H groups in total. The zero-order chi connectivity index (χ0) is 17.1. The predicted molar refractivity (Wildman–Crippen MR) is 101 cm³/mol. The average molecular weight is 374 g/mol. The van der Waals surface area contributed by atoms with Gasteiger partial charge < -0.3 is 4.42 Å². The molecule has 25 heavy (non-hydrogen) atoms. The first-order chi connectivity index (χ1) is 12.3. The van der Waals surface area contributed by atoms with E-state index in [1.165, 1.54) is 32.1 Å². The molecule has 1 saturated carbocycles. The summed E-state index contributed by atoms with van der Waals surface area (Å²) < 4.78 is 7.87. The van der Waals surface area contributed by atoms with Crippen molar-refractivity contribution in [3.63, 3.8) is 0 Å². The third-order valence-corrected chi connectivity index (χ3v) is 6.02. The number of hydrogen-bond acceptors (Lipinski definition) is 4. The first kappa shape index (κ1) is 16.7. The molecule has 0 bridgehead atoms. The van der Waals surface area contributed by atoms with Gasteiger partial charge in [0.25, 0.3) is 0 Å². The largest absolute Gasteiger partial charge is 0.461 e. The van der Waals surface area contributed by atoms with Crippen LogP contribution in [0.3, 0.4) is 0 Å². The minimum absolute atomic E-state index is 0.442. The molecule has 0 amide bonds. The maximum Gasteiger partial charge on any atom is 0.200 e. The lowest BCUT2D eigenvalue weighted by Gasteiger charge is -2.25. The molecule has 0 atom stereocenters. The van der Waals surface area contributed by atoms with Crippen LogP contribution in [0.4, 0.5) is 0 Å². The summed E-state index contributed by atoms with van der Waals surface area (Å²) in [4.78, 5) is 0. The lowest BCUT2D eigenvalue weighted by Crippen LogP contribution is -2.15. The molecule has 4 nitrogen and oxygen atoms in total. The molecule has 1 aliphatic rings. The molecule has 2 heterocycles. The van der Waals surface area contributed by atoms with Gasteiger partial charge in [0.05, 0.1) is 6.26 Å². The van der Waals surface area contributed by atoms with Crippen molar-refractivity contribution in [2.24, 2.45) is 0 Å². The van der Waals surface area contributed by atoms with E-state index in [1.807, 2.05) is 30.3 Å². The highest BCUT2D eigenvalue weighted by atomic mass is 35.5. The number of halogens is 1. The smallest absolute Gasteiger partial charge is 0.200 e. The van der Waals surface area contributed by atoms with Crippen LogP contribution >= 0.6 is 23.4 Å². The van der Waals surface area contributed by atoms with Crippen LogP contribution in [0.15, 0.2) is 52.2 Å². The molecule has 1 fully saturated rings. The minimum Gasteiger partial charge on any atom is -0.461 e. The normalized spacial score (nSPS) is 15.6. The van der Waals surface area contributed by atoms with Crippen LogP contribution in [0.2, 0.25) is 5.02 Å². The zero-order valence-electron chi connectivity index (χ0n) is 13.9. The summed E-state index contributed by atoms with van der Waals surface area (Å²) in [7, 11) is 0. The van der Waals surface area contributed by atoms with Gasteiger partial charge in [-0.3, -0.25) is 4.57 Å². The second kappa shape index (κ2) is 7.67. The van der Waals surface area contributed by atoms with Gasteiger partial charge in [-0.05, 0) is 36.6 Å².